The summed E-state index contributed by atoms with van der Waals surface area (Å²) in [7, 11) is 3.39. The molecule has 1 aliphatic carbocycles. The molecular formula is C36H37F2N5O2. The van der Waals surface area contributed by atoms with Gasteiger partial charge < -0.3 is 19.7 Å². The lowest BCUT2D eigenvalue weighted by Crippen LogP contribution is -2.30. The van der Waals surface area contributed by atoms with Crippen LogP contribution in [-0.2, 0) is 37.9 Å². The molecule has 1 unspecified atom stereocenters. The largest absolute Gasteiger partial charge is 0.467 e. The van der Waals surface area contributed by atoms with Gasteiger partial charge >= 0.3 is 0 Å². The van der Waals surface area contributed by atoms with Crippen LogP contribution in [0.25, 0.3) is 22.3 Å². The maximum Gasteiger partial charge on any atom is 0.264 e. The number of pyridine rings is 1. The lowest BCUT2D eigenvalue weighted by Gasteiger charge is -2.34. The molecule has 45 heavy (non-hydrogen) atoms. The number of methoxy groups -OCH3 is 1. The Morgan fingerprint density at radius 2 is 1.91 bits per heavy atom. The Hall–Kier alpha value is -4.34. The second kappa shape index (κ2) is 11.9. The monoisotopic (exact) mass is 609 g/mol. The van der Waals surface area contributed by atoms with Crippen molar-refractivity contribution < 1.29 is 18.3 Å². The number of alkyl halides is 2. The third-order valence-corrected chi connectivity index (χ3v) is 8.93. The summed E-state index contributed by atoms with van der Waals surface area (Å²) in [6, 6.07) is 12.0. The maximum absolute atomic E-state index is 14.8. The number of aromatic nitrogens is 3. The van der Waals surface area contributed by atoms with Gasteiger partial charge in [0.25, 0.3) is 6.43 Å². The smallest absolute Gasteiger partial charge is 0.264 e. The van der Waals surface area contributed by atoms with E-state index in [1.165, 1.54) is 11.1 Å². The summed E-state index contributed by atoms with van der Waals surface area (Å²) in [5.41, 5.74) is 8.82. The van der Waals surface area contributed by atoms with Crippen LogP contribution >= 0.6 is 0 Å². The Morgan fingerprint density at radius 3 is 2.71 bits per heavy atom. The van der Waals surface area contributed by atoms with Gasteiger partial charge in [-0.1, -0.05) is 18.2 Å². The Morgan fingerprint density at radius 1 is 1.02 bits per heavy atom. The molecule has 0 fully saturated rings. The predicted octanol–water partition coefficient (Wildman–Crippen LogP) is 7.57. The van der Waals surface area contributed by atoms with E-state index in [1.807, 2.05) is 30.4 Å². The van der Waals surface area contributed by atoms with Crippen molar-refractivity contribution in [1.82, 2.24) is 20.1 Å². The average molecular weight is 610 g/mol. The summed E-state index contributed by atoms with van der Waals surface area (Å²) in [5.74, 6) is 0.566. The van der Waals surface area contributed by atoms with E-state index in [0.717, 1.165) is 67.0 Å². The molecule has 232 valence electrons. The number of aryl methyl sites for hydroxylation is 2. The molecule has 1 N–H and O–H groups in total. The van der Waals surface area contributed by atoms with Gasteiger partial charge in [0.2, 0.25) is 5.88 Å². The molecule has 0 saturated heterocycles. The molecule has 7 nitrogen and oxygen atoms in total. The average Bonchev–Trinajstić information content (AvgIpc) is 3.66. The van der Waals surface area contributed by atoms with Crippen molar-refractivity contribution in [3.05, 3.63) is 101 Å². The zero-order chi connectivity index (χ0) is 31.1. The molecule has 9 heteroatoms. The maximum atomic E-state index is 14.8. The van der Waals surface area contributed by atoms with Gasteiger partial charge in [-0.3, -0.25) is 4.68 Å². The summed E-state index contributed by atoms with van der Waals surface area (Å²) in [6.45, 7) is 4.54. The van der Waals surface area contributed by atoms with Crippen LogP contribution in [-0.4, -0.2) is 34.0 Å². The van der Waals surface area contributed by atoms with Crippen LogP contribution in [0, 0.1) is 0 Å². The molecule has 3 aliphatic rings. The van der Waals surface area contributed by atoms with Crippen molar-refractivity contribution in [2.24, 2.45) is 7.05 Å². The number of halogens is 2. The van der Waals surface area contributed by atoms with Crippen LogP contribution in [0.3, 0.4) is 0 Å². The van der Waals surface area contributed by atoms with Crippen LogP contribution in [0.15, 0.2) is 73.1 Å². The molecule has 4 heterocycles. The first-order valence-electron chi connectivity index (χ1n) is 15.4. The van der Waals surface area contributed by atoms with E-state index < -0.39 is 12.0 Å². The standard InChI is InChI=1S/C36H37F2N5O2/c1-36(10-5-4-6-11-36)45-34-17-23(9-12-40-34)25-14-26-19-39-20-29(26)33(16-25)43-13-7-8-24-15-27(28(35(37)38)18-32(24)43)30-21-42(2)41-31(30)22-44-3/h4-6,9-10,12,14-18,21,35,39H,7-8,11,13,19-20,22H2,1-3H3. The highest BCUT2D eigenvalue weighted by atomic mass is 19.3. The van der Waals surface area contributed by atoms with Gasteiger partial charge in [0, 0.05) is 81.2 Å². The van der Waals surface area contributed by atoms with Gasteiger partial charge in [-0.25, -0.2) is 13.8 Å². The summed E-state index contributed by atoms with van der Waals surface area (Å²) < 4.78 is 42.9. The van der Waals surface area contributed by atoms with E-state index in [4.69, 9.17) is 9.47 Å². The minimum atomic E-state index is -2.64. The van der Waals surface area contributed by atoms with Gasteiger partial charge in [0.15, 0.2) is 0 Å². The zero-order valence-corrected chi connectivity index (χ0v) is 25.8. The molecule has 1 atom stereocenters. The molecule has 7 rings (SSSR count). The number of anilines is 2. The van der Waals surface area contributed by atoms with Crippen molar-refractivity contribution in [3.8, 4) is 28.1 Å². The van der Waals surface area contributed by atoms with Crippen LogP contribution in [0.2, 0.25) is 0 Å². The molecular weight excluding hydrogens is 572 g/mol. The third kappa shape index (κ3) is 5.66. The lowest BCUT2D eigenvalue weighted by atomic mass is 9.91. The van der Waals surface area contributed by atoms with Gasteiger partial charge in [-0.2, -0.15) is 5.10 Å². The number of hydrogen-bond donors (Lipinski definition) is 1. The minimum absolute atomic E-state index is 0.00737. The van der Waals surface area contributed by atoms with E-state index in [0.29, 0.717) is 22.7 Å². The first-order valence-corrected chi connectivity index (χ1v) is 15.4. The summed E-state index contributed by atoms with van der Waals surface area (Å²) in [6.07, 6.45) is 11.6. The molecule has 2 aromatic heterocycles. The highest BCUT2D eigenvalue weighted by Gasteiger charge is 2.29. The fourth-order valence-electron chi connectivity index (χ4n) is 6.79. The number of ether oxygens (including phenoxy) is 2. The highest BCUT2D eigenvalue weighted by Crippen LogP contribution is 2.45. The molecule has 0 spiro atoms. The topological polar surface area (TPSA) is 64.4 Å². The predicted molar refractivity (Wildman–Crippen MR) is 172 cm³/mol. The molecule has 2 aliphatic heterocycles. The third-order valence-electron chi connectivity index (χ3n) is 8.93. The second-order valence-electron chi connectivity index (χ2n) is 12.2. The summed E-state index contributed by atoms with van der Waals surface area (Å²) in [5, 5.41) is 7.98. The van der Waals surface area contributed by atoms with Crippen LogP contribution < -0.4 is 15.0 Å². The van der Waals surface area contributed by atoms with E-state index in [1.54, 1.807) is 37.3 Å². The van der Waals surface area contributed by atoms with Crippen LogP contribution in [0.5, 0.6) is 5.88 Å². The van der Waals surface area contributed by atoms with Crippen LogP contribution in [0.4, 0.5) is 20.2 Å². The highest BCUT2D eigenvalue weighted by molar-refractivity contribution is 5.81. The van der Waals surface area contributed by atoms with Gasteiger partial charge in [0.05, 0.1) is 12.3 Å². The Labute approximate surface area is 262 Å². The number of hydrogen-bond acceptors (Lipinski definition) is 6. The quantitative estimate of drug-likeness (QED) is 0.222. The first kappa shape index (κ1) is 29.4. The fourth-order valence-corrected chi connectivity index (χ4v) is 6.79. The molecule has 0 bridgehead atoms. The summed E-state index contributed by atoms with van der Waals surface area (Å²) >= 11 is 0. The lowest BCUT2D eigenvalue weighted by molar-refractivity contribution is 0.136. The van der Waals surface area contributed by atoms with E-state index >= 15 is 0 Å². The number of allylic oxidation sites excluding steroid dienone is 2. The first-order chi connectivity index (χ1) is 21.8. The minimum Gasteiger partial charge on any atom is -0.467 e. The van der Waals surface area contributed by atoms with Gasteiger partial charge in [-0.15, -0.1) is 0 Å². The van der Waals surface area contributed by atoms with Crippen molar-refractivity contribution in [2.45, 2.75) is 57.9 Å². The fraction of sp³-hybridized carbons (Fsp3) is 0.333. The van der Waals surface area contributed by atoms with Crippen molar-refractivity contribution in [1.29, 1.82) is 0 Å². The molecule has 2 aromatic carbocycles. The Balaban J connectivity index is 1.30. The summed E-state index contributed by atoms with van der Waals surface area (Å²) in [4.78, 5) is 6.75. The second-order valence-corrected chi connectivity index (χ2v) is 12.2. The van der Waals surface area contributed by atoms with E-state index in [9.17, 15) is 8.78 Å². The van der Waals surface area contributed by atoms with E-state index in [2.05, 4.69) is 51.5 Å². The normalized spacial score (nSPS) is 18.8. The molecule has 0 radical (unpaired) electrons. The number of benzene rings is 2. The Kier molecular flexibility index (Phi) is 7.75. The zero-order valence-electron chi connectivity index (χ0n) is 25.8. The number of nitrogens with zero attached hydrogens (tertiary/aromatic N) is 4. The van der Waals surface area contributed by atoms with Gasteiger partial charge in [-0.05, 0) is 89.6 Å². The molecule has 0 amide bonds. The van der Waals surface area contributed by atoms with Crippen LogP contribution in [0.1, 0.15) is 54.1 Å². The van der Waals surface area contributed by atoms with E-state index in [-0.39, 0.29) is 12.2 Å². The number of nitrogens with one attached hydrogen (secondary N) is 1. The number of rotatable bonds is 8. The van der Waals surface area contributed by atoms with Gasteiger partial charge in [0.1, 0.15) is 5.60 Å². The van der Waals surface area contributed by atoms with Crippen molar-refractivity contribution >= 4 is 11.4 Å². The molecule has 4 aromatic rings. The number of fused-ring (bicyclic) bond motifs is 2. The van der Waals surface area contributed by atoms with Crippen molar-refractivity contribution in [2.75, 3.05) is 18.6 Å². The van der Waals surface area contributed by atoms with Crippen molar-refractivity contribution in [3.63, 3.8) is 0 Å². The Bertz CT molecular complexity index is 1810. The SMILES string of the molecule is COCc1nn(C)cc1-c1cc2c(cc1C(F)F)N(c1cc(-c3ccnc(OC4(C)C=CC=CC4)c3)cc3c1CNC3)CCC2. The molecule has 0 saturated carbocycles.